The highest BCUT2D eigenvalue weighted by molar-refractivity contribution is 5.81. The zero-order valence-electron chi connectivity index (χ0n) is 10.5. The van der Waals surface area contributed by atoms with Crippen LogP contribution in [0.4, 0.5) is 0 Å². The lowest BCUT2D eigenvalue weighted by atomic mass is 9.93. The third kappa shape index (κ3) is 3.76. The van der Waals surface area contributed by atoms with Crippen molar-refractivity contribution in [1.29, 1.82) is 0 Å². The molecule has 0 atom stereocenters. The molecule has 0 saturated carbocycles. The molecule has 0 radical (unpaired) electrons. The molecule has 1 aliphatic heterocycles. The first-order valence-corrected chi connectivity index (χ1v) is 5.97. The number of carbonyl (C=O) groups is 1. The van der Waals surface area contributed by atoms with Gasteiger partial charge >= 0.3 is 0 Å². The van der Waals surface area contributed by atoms with Gasteiger partial charge in [-0.15, -0.1) is 0 Å². The smallest absolute Gasteiger partial charge is 0.227 e. The minimum absolute atomic E-state index is 0.0706. The molecule has 4 nitrogen and oxygen atoms in total. The second-order valence-electron chi connectivity index (χ2n) is 5.34. The molecule has 0 aliphatic carbocycles. The molecule has 1 heterocycles. The van der Waals surface area contributed by atoms with Crippen LogP contribution in [0.2, 0.25) is 0 Å². The van der Waals surface area contributed by atoms with E-state index in [1.165, 1.54) is 0 Å². The van der Waals surface area contributed by atoms with Gasteiger partial charge in [0.05, 0.1) is 19.3 Å². The SMILES string of the molecule is CC(C)(C)C(=O)N1CCC(OCCO)CC1. The molecule has 1 saturated heterocycles. The van der Waals surface area contributed by atoms with E-state index in [0.29, 0.717) is 6.61 Å². The van der Waals surface area contributed by atoms with Crippen molar-refractivity contribution >= 4 is 5.91 Å². The first-order chi connectivity index (χ1) is 7.45. The Labute approximate surface area is 97.6 Å². The Morgan fingerprint density at radius 1 is 1.38 bits per heavy atom. The molecule has 0 aromatic rings. The summed E-state index contributed by atoms with van der Waals surface area (Å²) in [6, 6.07) is 0. The van der Waals surface area contributed by atoms with Gasteiger partial charge < -0.3 is 14.7 Å². The molecule has 1 fully saturated rings. The summed E-state index contributed by atoms with van der Waals surface area (Å²) in [5, 5.41) is 8.65. The van der Waals surface area contributed by atoms with Gasteiger partial charge in [0, 0.05) is 18.5 Å². The third-order valence-electron chi connectivity index (χ3n) is 2.82. The van der Waals surface area contributed by atoms with Crippen molar-refractivity contribution in [3.05, 3.63) is 0 Å². The van der Waals surface area contributed by atoms with Crippen molar-refractivity contribution in [2.75, 3.05) is 26.3 Å². The quantitative estimate of drug-likeness (QED) is 0.786. The Morgan fingerprint density at radius 3 is 2.38 bits per heavy atom. The Kier molecular flexibility index (Phi) is 4.74. The minimum Gasteiger partial charge on any atom is -0.394 e. The molecule has 0 bridgehead atoms. The fourth-order valence-electron chi connectivity index (χ4n) is 1.92. The highest BCUT2D eigenvalue weighted by Gasteiger charge is 2.30. The lowest BCUT2D eigenvalue weighted by Gasteiger charge is -2.35. The molecule has 1 N–H and O–H groups in total. The summed E-state index contributed by atoms with van der Waals surface area (Å²) in [6.07, 6.45) is 1.96. The molecule has 94 valence electrons. The molecule has 16 heavy (non-hydrogen) atoms. The van der Waals surface area contributed by atoms with Crippen molar-refractivity contribution in [2.24, 2.45) is 5.41 Å². The second-order valence-corrected chi connectivity index (χ2v) is 5.34. The number of aliphatic hydroxyl groups is 1. The highest BCUT2D eigenvalue weighted by Crippen LogP contribution is 2.21. The molecule has 1 amide bonds. The molecule has 0 aromatic heterocycles. The van der Waals surface area contributed by atoms with Gasteiger partial charge in [0.2, 0.25) is 5.91 Å². The Hall–Kier alpha value is -0.610. The zero-order chi connectivity index (χ0) is 12.2. The number of ether oxygens (including phenoxy) is 1. The van der Waals surface area contributed by atoms with Crippen LogP contribution >= 0.6 is 0 Å². The number of aliphatic hydroxyl groups excluding tert-OH is 1. The Bertz CT molecular complexity index is 227. The van der Waals surface area contributed by atoms with Crippen molar-refractivity contribution in [3.63, 3.8) is 0 Å². The number of nitrogens with zero attached hydrogens (tertiary/aromatic N) is 1. The summed E-state index contributed by atoms with van der Waals surface area (Å²) in [5.41, 5.74) is -0.293. The summed E-state index contributed by atoms with van der Waals surface area (Å²) in [7, 11) is 0. The largest absolute Gasteiger partial charge is 0.394 e. The summed E-state index contributed by atoms with van der Waals surface area (Å²) in [6.45, 7) is 7.86. The highest BCUT2D eigenvalue weighted by atomic mass is 16.5. The van der Waals surface area contributed by atoms with Crippen LogP contribution in [0, 0.1) is 5.41 Å². The molecule has 0 spiro atoms. The van der Waals surface area contributed by atoms with E-state index in [0.717, 1.165) is 25.9 Å². The maximum atomic E-state index is 12.0. The maximum Gasteiger partial charge on any atom is 0.227 e. The minimum atomic E-state index is -0.293. The van der Waals surface area contributed by atoms with Crippen LogP contribution in [0.25, 0.3) is 0 Å². The van der Waals surface area contributed by atoms with Gasteiger partial charge in [0.15, 0.2) is 0 Å². The average Bonchev–Trinajstić information content (AvgIpc) is 2.25. The van der Waals surface area contributed by atoms with Gasteiger partial charge in [-0.25, -0.2) is 0 Å². The lowest BCUT2D eigenvalue weighted by molar-refractivity contribution is -0.142. The predicted octanol–water partition coefficient (Wildman–Crippen LogP) is 1.03. The van der Waals surface area contributed by atoms with Crippen molar-refractivity contribution in [2.45, 2.75) is 39.7 Å². The molecular formula is C12H23NO3. The fraction of sp³-hybridized carbons (Fsp3) is 0.917. The van der Waals surface area contributed by atoms with Crippen LogP contribution in [-0.4, -0.2) is 48.3 Å². The normalized spacial score (nSPS) is 18.9. The van der Waals surface area contributed by atoms with E-state index < -0.39 is 0 Å². The van der Waals surface area contributed by atoms with Crippen LogP contribution in [0.1, 0.15) is 33.6 Å². The number of carbonyl (C=O) groups excluding carboxylic acids is 1. The van der Waals surface area contributed by atoms with Crippen LogP contribution < -0.4 is 0 Å². The second kappa shape index (κ2) is 5.64. The van der Waals surface area contributed by atoms with Crippen LogP contribution in [0.3, 0.4) is 0 Å². The maximum absolute atomic E-state index is 12.0. The lowest BCUT2D eigenvalue weighted by Crippen LogP contribution is -2.45. The van der Waals surface area contributed by atoms with Crippen molar-refractivity contribution in [1.82, 2.24) is 4.90 Å². The van der Waals surface area contributed by atoms with Gasteiger partial charge in [0.1, 0.15) is 0 Å². The van der Waals surface area contributed by atoms with Gasteiger partial charge in [-0.05, 0) is 12.8 Å². The summed E-state index contributed by atoms with van der Waals surface area (Å²) < 4.78 is 5.46. The van der Waals surface area contributed by atoms with Gasteiger partial charge in [0.25, 0.3) is 0 Å². The standard InChI is InChI=1S/C12H23NO3/c1-12(2,3)11(15)13-6-4-10(5-7-13)16-9-8-14/h10,14H,4-9H2,1-3H3. The molecule has 1 rings (SSSR count). The van der Waals surface area contributed by atoms with Crippen LogP contribution in [0.15, 0.2) is 0 Å². The summed E-state index contributed by atoms with van der Waals surface area (Å²) >= 11 is 0. The number of amides is 1. The molecule has 4 heteroatoms. The Balaban J connectivity index is 2.34. The van der Waals surface area contributed by atoms with E-state index in [1.807, 2.05) is 25.7 Å². The van der Waals surface area contributed by atoms with Crippen molar-refractivity contribution in [3.8, 4) is 0 Å². The first kappa shape index (κ1) is 13.5. The Morgan fingerprint density at radius 2 is 1.94 bits per heavy atom. The number of rotatable bonds is 3. The van der Waals surface area contributed by atoms with Gasteiger partial charge in [-0.3, -0.25) is 4.79 Å². The van der Waals surface area contributed by atoms with E-state index in [-0.39, 0.29) is 24.0 Å². The van der Waals surface area contributed by atoms with E-state index in [2.05, 4.69) is 0 Å². The summed E-state index contributed by atoms with van der Waals surface area (Å²) in [4.78, 5) is 13.9. The molecule has 1 aliphatic rings. The predicted molar refractivity (Wildman–Crippen MR) is 62.1 cm³/mol. The topological polar surface area (TPSA) is 49.8 Å². The van der Waals surface area contributed by atoms with E-state index >= 15 is 0 Å². The van der Waals surface area contributed by atoms with E-state index in [1.54, 1.807) is 0 Å². The monoisotopic (exact) mass is 229 g/mol. The fourth-order valence-corrected chi connectivity index (χ4v) is 1.92. The summed E-state index contributed by atoms with van der Waals surface area (Å²) in [5.74, 6) is 0.216. The first-order valence-electron chi connectivity index (χ1n) is 5.97. The number of piperidine rings is 1. The third-order valence-corrected chi connectivity index (χ3v) is 2.82. The molecule has 0 unspecified atom stereocenters. The average molecular weight is 229 g/mol. The number of likely N-dealkylation sites (tertiary alicyclic amines) is 1. The number of hydrogen-bond donors (Lipinski definition) is 1. The van der Waals surface area contributed by atoms with Gasteiger partial charge in [-0.1, -0.05) is 20.8 Å². The molecular weight excluding hydrogens is 206 g/mol. The van der Waals surface area contributed by atoms with Gasteiger partial charge in [-0.2, -0.15) is 0 Å². The molecule has 0 aromatic carbocycles. The van der Waals surface area contributed by atoms with Crippen LogP contribution in [-0.2, 0) is 9.53 Å². The van der Waals surface area contributed by atoms with Crippen LogP contribution in [0.5, 0.6) is 0 Å². The zero-order valence-corrected chi connectivity index (χ0v) is 10.5. The number of hydrogen-bond acceptors (Lipinski definition) is 3. The van der Waals surface area contributed by atoms with Crippen molar-refractivity contribution < 1.29 is 14.6 Å². The van der Waals surface area contributed by atoms with E-state index in [4.69, 9.17) is 9.84 Å². The van der Waals surface area contributed by atoms with E-state index in [9.17, 15) is 4.79 Å².